The molecule has 1 amide bonds. The Kier molecular flexibility index (Phi) is 5.49. The summed E-state index contributed by atoms with van der Waals surface area (Å²) in [4.78, 5) is 11.7. The van der Waals surface area contributed by atoms with Gasteiger partial charge in [0.2, 0.25) is 5.13 Å². The third-order valence-electron chi connectivity index (χ3n) is 2.34. The highest BCUT2D eigenvalue weighted by molar-refractivity contribution is 9.10. The second-order valence-corrected chi connectivity index (χ2v) is 6.02. The molecular formula is C13H14BrN3O2S. The third-order valence-corrected chi connectivity index (χ3v) is 3.73. The van der Waals surface area contributed by atoms with Crippen molar-refractivity contribution in [3.63, 3.8) is 0 Å². The molecule has 1 aromatic carbocycles. The van der Waals surface area contributed by atoms with E-state index in [9.17, 15) is 4.79 Å². The number of hydrogen-bond donors (Lipinski definition) is 1. The number of halogens is 1. The second-order valence-electron chi connectivity index (χ2n) is 4.05. The summed E-state index contributed by atoms with van der Waals surface area (Å²) in [7, 11) is 0. The number of nitrogens with one attached hydrogen (secondary N) is 1. The highest BCUT2D eigenvalue weighted by atomic mass is 79.9. The van der Waals surface area contributed by atoms with Crippen LogP contribution in [0.1, 0.15) is 18.4 Å². The molecule has 1 heterocycles. The molecule has 0 spiro atoms. The Morgan fingerprint density at radius 1 is 1.45 bits per heavy atom. The average Bonchev–Trinajstić information content (AvgIpc) is 2.84. The number of carbonyl (C=O) groups is 1. The summed E-state index contributed by atoms with van der Waals surface area (Å²) in [6, 6.07) is 7.34. The van der Waals surface area contributed by atoms with Crippen molar-refractivity contribution in [2.75, 3.05) is 11.9 Å². The van der Waals surface area contributed by atoms with E-state index in [1.54, 1.807) is 12.1 Å². The highest BCUT2D eigenvalue weighted by Crippen LogP contribution is 2.18. The van der Waals surface area contributed by atoms with Crippen molar-refractivity contribution in [3.8, 4) is 5.75 Å². The molecule has 0 saturated heterocycles. The minimum Gasteiger partial charge on any atom is -0.484 e. The average molecular weight is 356 g/mol. The number of rotatable bonds is 6. The highest BCUT2D eigenvalue weighted by Gasteiger charge is 2.08. The van der Waals surface area contributed by atoms with Crippen LogP contribution in [0.2, 0.25) is 0 Å². The van der Waals surface area contributed by atoms with Gasteiger partial charge in [-0.15, -0.1) is 10.2 Å². The van der Waals surface area contributed by atoms with Crippen molar-refractivity contribution in [3.05, 3.63) is 33.7 Å². The lowest BCUT2D eigenvalue weighted by molar-refractivity contribution is -0.118. The molecule has 106 valence electrons. The smallest absolute Gasteiger partial charge is 0.264 e. The zero-order chi connectivity index (χ0) is 14.4. The molecule has 7 heteroatoms. The van der Waals surface area contributed by atoms with E-state index >= 15 is 0 Å². The van der Waals surface area contributed by atoms with Crippen molar-refractivity contribution in [1.29, 1.82) is 0 Å². The lowest BCUT2D eigenvalue weighted by atomic mass is 10.3. The van der Waals surface area contributed by atoms with Gasteiger partial charge < -0.3 is 4.74 Å². The van der Waals surface area contributed by atoms with Crippen LogP contribution in [-0.4, -0.2) is 22.7 Å². The Morgan fingerprint density at radius 2 is 2.30 bits per heavy atom. The number of nitrogens with zero attached hydrogens (tertiary/aromatic N) is 2. The Hall–Kier alpha value is -1.47. The van der Waals surface area contributed by atoms with Crippen molar-refractivity contribution < 1.29 is 9.53 Å². The zero-order valence-corrected chi connectivity index (χ0v) is 13.3. The van der Waals surface area contributed by atoms with Crippen LogP contribution in [-0.2, 0) is 11.2 Å². The van der Waals surface area contributed by atoms with Crippen LogP contribution in [0.4, 0.5) is 5.13 Å². The van der Waals surface area contributed by atoms with E-state index in [1.165, 1.54) is 11.3 Å². The molecule has 2 rings (SSSR count). The maximum absolute atomic E-state index is 11.7. The molecule has 0 aliphatic carbocycles. The second kappa shape index (κ2) is 7.35. The molecule has 5 nitrogen and oxygen atoms in total. The quantitative estimate of drug-likeness (QED) is 0.863. The summed E-state index contributed by atoms with van der Waals surface area (Å²) in [5.74, 6) is 0.391. The van der Waals surface area contributed by atoms with Gasteiger partial charge in [0.15, 0.2) is 6.61 Å². The first-order chi connectivity index (χ1) is 9.67. The molecule has 1 N–H and O–H groups in total. The Bertz CT molecular complexity index is 589. The fourth-order valence-electron chi connectivity index (χ4n) is 1.48. The van der Waals surface area contributed by atoms with Gasteiger partial charge in [-0.1, -0.05) is 40.3 Å². The molecule has 0 radical (unpaired) electrons. The molecule has 0 fully saturated rings. The van der Waals surface area contributed by atoms with E-state index in [4.69, 9.17) is 4.74 Å². The van der Waals surface area contributed by atoms with Gasteiger partial charge in [-0.05, 0) is 24.6 Å². The van der Waals surface area contributed by atoms with Crippen LogP contribution in [0.25, 0.3) is 0 Å². The number of hydrogen-bond acceptors (Lipinski definition) is 5. The third kappa shape index (κ3) is 4.57. The molecule has 2 aromatic rings. The SMILES string of the molecule is CCCc1nnc(NC(=O)COc2cccc(Br)c2)s1. The number of amides is 1. The molecule has 0 aliphatic heterocycles. The van der Waals surface area contributed by atoms with Crippen LogP contribution in [0, 0.1) is 0 Å². The minimum atomic E-state index is -0.246. The lowest BCUT2D eigenvalue weighted by Gasteiger charge is -2.05. The first-order valence-corrected chi connectivity index (χ1v) is 7.79. The largest absolute Gasteiger partial charge is 0.484 e. The number of anilines is 1. The number of aromatic nitrogens is 2. The van der Waals surface area contributed by atoms with E-state index in [1.807, 2.05) is 12.1 Å². The first kappa shape index (κ1) is 14.9. The monoisotopic (exact) mass is 355 g/mol. The van der Waals surface area contributed by atoms with Crippen molar-refractivity contribution in [2.24, 2.45) is 0 Å². The topological polar surface area (TPSA) is 64.1 Å². The van der Waals surface area contributed by atoms with E-state index < -0.39 is 0 Å². The van der Waals surface area contributed by atoms with Crippen molar-refractivity contribution in [2.45, 2.75) is 19.8 Å². The van der Waals surface area contributed by atoms with Gasteiger partial charge >= 0.3 is 0 Å². The standard InChI is InChI=1S/C13H14BrN3O2S/c1-2-4-12-16-17-13(20-12)15-11(18)8-19-10-6-3-5-9(14)7-10/h3,5-7H,2,4,8H2,1H3,(H,15,17,18). The molecular weight excluding hydrogens is 342 g/mol. The first-order valence-electron chi connectivity index (χ1n) is 6.18. The summed E-state index contributed by atoms with van der Waals surface area (Å²) < 4.78 is 6.30. The van der Waals surface area contributed by atoms with Gasteiger partial charge in [-0.25, -0.2) is 0 Å². The molecule has 1 aromatic heterocycles. The summed E-state index contributed by atoms with van der Waals surface area (Å²) in [6.45, 7) is 2.02. The number of benzene rings is 1. The normalized spacial score (nSPS) is 10.3. The van der Waals surface area contributed by atoms with Gasteiger partial charge in [-0.3, -0.25) is 10.1 Å². The van der Waals surface area contributed by atoms with Gasteiger partial charge in [0.25, 0.3) is 5.91 Å². The molecule has 20 heavy (non-hydrogen) atoms. The van der Waals surface area contributed by atoms with Crippen LogP contribution in [0.5, 0.6) is 5.75 Å². The van der Waals surface area contributed by atoms with Crippen LogP contribution in [0.3, 0.4) is 0 Å². The van der Waals surface area contributed by atoms with Crippen LogP contribution in [0.15, 0.2) is 28.7 Å². The molecule has 0 saturated carbocycles. The molecule has 0 aliphatic rings. The van der Waals surface area contributed by atoms with Gasteiger partial charge in [-0.2, -0.15) is 0 Å². The number of ether oxygens (including phenoxy) is 1. The molecule has 0 atom stereocenters. The van der Waals surface area contributed by atoms with Crippen molar-refractivity contribution >= 4 is 38.3 Å². The van der Waals surface area contributed by atoms with E-state index in [2.05, 4.69) is 38.4 Å². The van der Waals surface area contributed by atoms with E-state index in [0.717, 1.165) is 22.3 Å². The fourth-order valence-corrected chi connectivity index (χ4v) is 2.72. The fraction of sp³-hybridized carbons (Fsp3) is 0.308. The lowest BCUT2D eigenvalue weighted by Crippen LogP contribution is -2.20. The van der Waals surface area contributed by atoms with E-state index in [-0.39, 0.29) is 12.5 Å². The van der Waals surface area contributed by atoms with Crippen molar-refractivity contribution in [1.82, 2.24) is 10.2 Å². The Labute approximate surface area is 129 Å². The maximum atomic E-state index is 11.7. The Balaban J connectivity index is 1.82. The number of carbonyl (C=O) groups excluding carboxylic acids is 1. The van der Waals surface area contributed by atoms with Crippen LogP contribution >= 0.6 is 27.3 Å². The summed E-state index contributed by atoms with van der Waals surface area (Å²) in [5, 5.41) is 12.0. The van der Waals surface area contributed by atoms with Gasteiger partial charge in [0.05, 0.1) is 0 Å². The maximum Gasteiger partial charge on any atom is 0.264 e. The zero-order valence-electron chi connectivity index (χ0n) is 10.9. The predicted octanol–water partition coefficient (Wildman–Crippen LogP) is 3.27. The summed E-state index contributed by atoms with van der Waals surface area (Å²) in [5.41, 5.74) is 0. The van der Waals surface area contributed by atoms with Gasteiger partial charge in [0.1, 0.15) is 10.8 Å². The van der Waals surface area contributed by atoms with Gasteiger partial charge in [0, 0.05) is 10.9 Å². The Morgan fingerprint density at radius 3 is 3.05 bits per heavy atom. The predicted molar refractivity (Wildman–Crippen MR) is 82.2 cm³/mol. The van der Waals surface area contributed by atoms with Crippen LogP contribution < -0.4 is 10.1 Å². The number of aryl methyl sites for hydroxylation is 1. The minimum absolute atomic E-state index is 0.0564. The molecule has 0 bridgehead atoms. The summed E-state index contributed by atoms with van der Waals surface area (Å²) >= 11 is 4.74. The van der Waals surface area contributed by atoms with E-state index in [0.29, 0.717) is 10.9 Å². The summed E-state index contributed by atoms with van der Waals surface area (Å²) in [6.07, 6.45) is 1.89. The molecule has 0 unspecified atom stereocenters.